The predicted octanol–water partition coefficient (Wildman–Crippen LogP) is 2.98. The van der Waals surface area contributed by atoms with Crippen molar-refractivity contribution in [3.8, 4) is 11.8 Å². The van der Waals surface area contributed by atoms with E-state index in [2.05, 4.69) is 17.0 Å². The Labute approximate surface area is 125 Å². The van der Waals surface area contributed by atoms with Crippen molar-refractivity contribution in [2.45, 2.75) is 13.0 Å². The molecule has 2 N–H and O–H groups in total. The minimum Gasteiger partial charge on any atom is -0.497 e. The highest BCUT2D eigenvalue weighted by atomic mass is 16.5. The van der Waals surface area contributed by atoms with E-state index in [0.29, 0.717) is 12.1 Å². The first-order chi connectivity index (χ1) is 10.1. The average Bonchev–Trinajstić information content (AvgIpc) is 2.50. The third kappa shape index (κ3) is 3.67. The van der Waals surface area contributed by atoms with Crippen molar-refractivity contribution in [3.05, 3.63) is 53.6 Å². The van der Waals surface area contributed by atoms with Gasteiger partial charge in [0.1, 0.15) is 5.75 Å². The molecule has 2 aromatic carbocycles. The minimum atomic E-state index is 0.326. The minimum absolute atomic E-state index is 0.326. The van der Waals surface area contributed by atoms with Gasteiger partial charge < -0.3 is 15.4 Å². The number of anilines is 2. The van der Waals surface area contributed by atoms with Crippen LogP contribution in [0, 0.1) is 11.3 Å². The van der Waals surface area contributed by atoms with E-state index in [1.165, 1.54) is 0 Å². The number of benzene rings is 2. The number of rotatable bonds is 5. The number of hydrogen-bond acceptors (Lipinski definition) is 4. The molecule has 2 rings (SSSR count). The second kappa shape index (κ2) is 6.67. The molecule has 0 radical (unpaired) electrons. The average molecular weight is 281 g/mol. The lowest BCUT2D eigenvalue weighted by Crippen LogP contribution is -2.16. The third-order valence-electron chi connectivity index (χ3n) is 3.39. The van der Waals surface area contributed by atoms with Crippen molar-refractivity contribution in [3.63, 3.8) is 0 Å². The van der Waals surface area contributed by atoms with E-state index in [1.807, 2.05) is 43.4 Å². The van der Waals surface area contributed by atoms with E-state index in [0.717, 1.165) is 29.1 Å². The van der Waals surface area contributed by atoms with Gasteiger partial charge in [-0.1, -0.05) is 12.1 Å². The van der Waals surface area contributed by atoms with Crippen LogP contribution in [0.15, 0.2) is 42.5 Å². The van der Waals surface area contributed by atoms with Gasteiger partial charge >= 0.3 is 0 Å². The summed E-state index contributed by atoms with van der Waals surface area (Å²) in [5.41, 5.74) is 9.61. The molecule has 0 amide bonds. The normalized spacial score (nSPS) is 9.95. The molecule has 0 fully saturated rings. The van der Waals surface area contributed by atoms with E-state index >= 15 is 0 Å². The topological polar surface area (TPSA) is 62.3 Å². The molecular formula is C17H19N3O. The number of ether oxygens (including phenoxy) is 1. The number of nitriles is 1. The second-order valence-corrected chi connectivity index (χ2v) is 4.93. The largest absolute Gasteiger partial charge is 0.497 e. The summed E-state index contributed by atoms with van der Waals surface area (Å²) in [5, 5.41) is 8.83. The lowest BCUT2D eigenvalue weighted by molar-refractivity contribution is 0.414. The molecule has 4 heteroatoms. The zero-order valence-corrected chi connectivity index (χ0v) is 12.3. The smallest absolute Gasteiger partial charge is 0.119 e. The van der Waals surface area contributed by atoms with E-state index < -0.39 is 0 Å². The molecule has 0 unspecified atom stereocenters. The van der Waals surface area contributed by atoms with Gasteiger partial charge in [0.05, 0.1) is 19.6 Å². The molecule has 0 bridgehead atoms. The Hall–Kier alpha value is -2.67. The quantitative estimate of drug-likeness (QED) is 0.856. The summed E-state index contributed by atoms with van der Waals surface area (Å²) in [6, 6.07) is 15.9. The maximum absolute atomic E-state index is 8.83. The van der Waals surface area contributed by atoms with Crippen LogP contribution in [-0.4, -0.2) is 14.2 Å². The summed E-state index contributed by atoms with van der Waals surface area (Å²) in [6.07, 6.45) is 0.326. The fourth-order valence-electron chi connectivity index (χ4n) is 2.20. The maximum atomic E-state index is 8.83. The molecule has 0 aliphatic rings. The lowest BCUT2D eigenvalue weighted by atomic mass is 10.1. The van der Waals surface area contributed by atoms with Gasteiger partial charge in [0.15, 0.2) is 0 Å². The second-order valence-electron chi connectivity index (χ2n) is 4.93. The third-order valence-corrected chi connectivity index (χ3v) is 3.39. The molecule has 0 saturated carbocycles. The Kier molecular flexibility index (Phi) is 4.68. The van der Waals surface area contributed by atoms with Gasteiger partial charge in [0, 0.05) is 25.0 Å². The summed E-state index contributed by atoms with van der Waals surface area (Å²) in [6.45, 7) is 0.757. The number of nitrogen functional groups attached to an aromatic ring is 1. The van der Waals surface area contributed by atoms with Gasteiger partial charge in [-0.05, 0) is 41.5 Å². The van der Waals surface area contributed by atoms with Gasteiger partial charge in [0.25, 0.3) is 0 Å². The molecule has 0 aromatic heterocycles. The SMILES string of the molecule is COc1cccc(CN(C)c2ccc(N)c(CC#N)c2)c1. The summed E-state index contributed by atoms with van der Waals surface area (Å²) >= 11 is 0. The first-order valence-electron chi connectivity index (χ1n) is 6.73. The lowest BCUT2D eigenvalue weighted by Gasteiger charge is -2.21. The molecule has 108 valence electrons. The fourth-order valence-corrected chi connectivity index (χ4v) is 2.20. The van der Waals surface area contributed by atoms with Crippen LogP contribution < -0.4 is 15.4 Å². The number of methoxy groups -OCH3 is 1. The molecule has 21 heavy (non-hydrogen) atoms. The van der Waals surface area contributed by atoms with Crippen molar-refractivity contribution in [1.29, 1.82) is 5.26 Å². The molecule has 0 aliphatic heterocycles. The summed E-state index contributed by atoms with van der Waals surface area (Å²) in [5.74, 6) is 0.850. The molecule has 2 aromatic rings. The Morgan fingerprint density at radius 3 is 2.76 bits per heavy atom. The monoisotopic (exact) mass is 281 g/mol. The summed E-state index contributed by atoms with van der Waals surface area (Å²) < 4.78 is 5.24. The number of nitrogens with zero attached hydrogens (tertiary/aromatic N) is 2. The van der Waals surface area contributed by atoms with Crippen LogP contribution in [-0.2, 0) is 13.0 Å². The highest BCUT2D eigenvalue weighted by Gasteiger charge is 2.06. The number of hydrogen-bond donors (Lipinski definition) is 1. The van der Waals surface area contributed by atoms with Gasteiger partial charge in [0.2, 0.25) is 0 Å². The molecular weight excluding hydrogens is 262 g/mol. The van der Waals surface area contributed by atoms with Crippen LogP contribution in [0.4, 0.5) is 11.4 Å². The van der Waals surface area contributed by atoms with E-state index in [1.54, 1.807) is 7.11 Å². The molecule has 0 atom stereocenters. The van der Waals surface area contributed by atoms with E-state index in [-0.39, 0.29) is 0 Å². The zero-order valence-electron chi connectivity index (χ0n) is 12.3. The molecule has 0 saturated heterocycles. The van der Waals surface area contributed by atoms with Crippen molar-refractivity contribution < 1.29 is 4.74 Å². The van der Waals surface area contributed by atoms with Crippen LogP contribution in [0.2, 0.25) is 0 Å². The van der Waals surface area contributed by atoms with Crippen LogP contribution in [0.3, 0.4) is 0 Å². The van der Waals surface area contributed by atoms with Gasteiger partial charge in [-0.2, -0.15) is 5.26 Å². The van der Waals surface area contributed by atoms with Gasteiger partial charge in [-0.3, -0.25) is 0 Å². The van der Waals surface area contributed by atoms with Crippen molar-refractivity contribution in [2.24, 2.45) is 0 Å². The molecule has 0 aliphatic carbocycles. The van der Waals surface area contributed by atoms with E-state index in [4.69, 9.17) is 15.7 Å². The number of nitrogens with two attached hydrogens (primary N) is 1. The van der Waals surface area contributed by atoms with Crippen molar-refractivity contribution in [2.75, 3.05) is 24.8 Å². The first kappa shape index (κ1) is 14.7. The van der Waals surface area contributed by atoms with Crippen LogP contribution in [0.1, 0.15) is 11.1 Å². The first-order valence-corrected chi connectivity index (χ1v) is 6.73. The molecule has 4 nitrogen and oxygen atoms in total. The maximum Gasteiger partial charge on any atom is 0.119 e. The van der Waals surface area contributed by atoms with E-state index in [9.17, 15) is 0 Å². The van der Waals surface area contributed by atoms with Crippen LogP contribution in [0.25, 0.3) is 0 Å². The van der Waals surface area contributed by atoms with Crippen LogP contribution >= 0.6 is 0 Å². The molecule has 0 heterocycles. The zero-order chi connectivity index (χ0) is 15.2. The fraction of sp³-hybridized carbons (Fsp3) is 0.235. The Morgan fingerprint density at radius 2 is 2.05 bits per heavy atom. The van der Waals surface area contributed by atoms with Gasteiger partial charge in [-0.25, -0.2) is 0 Å². The summed E-state index contributed by atoms with van der Waals surface area (Å²) in [7, 11) is 3.68. The predicted molar refractivity (Wildman–Crippen MR) is 85.3 cm³/mol. The Morgan fingerprint density at radius 1 is 1.24 bits per heavy atom. The standard InChI is InChI=1S/C17H19N3O/c1-20(12-13-4-3-5-16(10-13)21-2)15-6-7-17(19)14(11-15)8-9-18/h3-7,10-11H,8,12,19H2,1-2H3. The molecule has 0 spiro atoms. The van der Waals surface area contributed by atoms with Crippen LogP contribution in [0.5, 0.6) is 5.75 Å². The Bertz CT molecular complexity index is 661. The van der Waals surface area contributed by atoms with Crippen molar-refractivity contribution >= 4 is 11.4 Å². The highest BCUT2D eigenvalue weighted by Crippen LogP contribution is 2.23. The highest BCUT2D eigenvalue weighted by molar-refractivity contribution is 5.59. The van der Waals surface area contributed by atoms with Crippen molar-refractivity contribution in [1.82, 2.24) is 0 Å². The van der Waals surface area contributed by atoms with Gasteiger partial charge in [-0.15, -0.1) is 0 Å². The summed E-state index contributed by atoms with van der Waals surface area (Å²) in [4.78, 5) is 2.12. The Balaban J connectivity index is 2.18.